The number of nitriles is 1. The van der Waals surface area contributed by atoms with Crippen LogP contribution >= 0.6 is 0 Å². The highest BCUT2D eigenvalue weighted by atomic mass is 15.3. The summed E-state index contributed by atoms with van der Waals surface area (Å²) in [5.41, 5.74) is 0.384. The van der Waals surface area contributed by atoms with E-state index in [0.717, 1.165) is 38.0 Å². The average Bonchev–Trinajstić information content (AvgIpc) is 2.56. The molecule has 1 aromatic heterocycles. The Kier molecular flexibility index (Phi) is 4.12. The molecular formula is C15H21N5. The molecule has 20 heavy (non-hydrogen) atoms. The Morgan fingerprint density at radius 1 is 1.00 bits per heavy atom. The van der Waals surface area contributed by atoms with Crippen LogP contribution in [0.4, 0.5) is 5.82 Å². The van der Waals surface area contributed by atoms with Gasteiger partial charge in [-0.15, -0.1) is 0 Å². The number of anilines is 1. The van der Waals surface area contributed by atoms with Gasteiger partial charge < -0.3 is 4.90 Å². The van der Waals surface area contributed by atoms with Gasteiger partial charge in [0.1, 0.15) is 11.9 Å². The van der Waals surface area contributed by atoms with Crippen molar-refractivity contribution in [3.05, 3.63) is 18.1 Å². The van der Waals surface area contributed by atoms with Gasteiger partial charge in [-0.25, -0.2) is 9.97 Å². The number of hydrogen-bond donors (Lipinski definition) is 0. The second kappa shape index (κ2) is 6.19. The normalized spacial score (nSPS) is 21.6. The van der Waals surface area contributed by atoms with Gasteiger partial charge in [-0.3, -0.25) is 4.90 Å². The van der Waals surface area contributed by atoms with E-state index in [4.69, 9.17) is 5.26 Å². The van der Waals surface area contributed by atoms with Gasteiger partial charge in [0.15, 0.2) is 5.69 Å². The zero-order valence-corrected chi connectivity index (χ0v) is 11.8. The van der Waals surface area contributed by atoms with Gasteiger partial charge in [0.05, 0.1) is 12.4 Å². The predicted octanol–water partition coefficient (Wildman–Crippen LogP) is 1.80. The van der Waals surface area contributed by atoms with Crippen molar-refractivity contribution in [3.63, 3.8) is 0 Å². The summed E-state index contributed by atoms with van der Waals surface area (Å²) in [7, 11) is 0. The Bertz CT molecular complexity index is 464. The van der Waals surface area contributed by atoms with Crippen molar-refractivity contribution in [2.75, 3.05) is 31.1 Å². The SMILES string of the molecule is N#Cc1cnc(N2CCN(C3CCCCC3)CC2)cn1. The summed E-state index contributed by atoms with van der Waals surface area (Å²) in [4.78, 5) is 13.4. The van der Waals surface area contributed by atoms with Crippen molar-refractivity contribution in [3.8, 4) is 6.07 Å². The summed E-state index contributed by atoms with van der Waals surface area (Å²) >= 11 is 0. The van der Waals surface area contributed by atoms with Crippen LogP contribution in [0.3, 0.4) is 0 Å². The molecular weight excluding hydrogens is 250 g/mol. The lowest BCUT2D eigenvalue weighted by Gasteiger charge is -2.41. The topological polar surface area (TPSA) is 56.1 Å². The first-order valence-electron chi connectivity index (χ1n) is 7.58. The molecule has 1 aliphatic carbocycles. The van der Waals surface area contributed by atoms with Gasteiger partial charge in [-0.1, -0.05) is 19.3 Å². The van der Waals surface area contributed by atoms with E-state index in [1.807, 2.05) is 6.07 Å². The van der Waals surface area contributed by atoms with Gasteiger partial charge in [-0.05, 0) is 12.8 Å². The largest absolute Gasteiger partial charge is 0.353 e. The zero-order valence-electron chi connectivity index (χ0n) is 11.8. The van der Waals surface area contributed by atoms with E-state index >= 15 is 0 Å². The highest BCUT2D eigenvalue weighted by Crippen LogP contribution is 2.24. The molecule has 0 aromatic carbocycles. The summed E-state index contributed by atoms with van der Waals surface area (Å²) in [6.07, 6.45) is 10.2. The van der Waals surface area contributed by atoms with Crippen LogP contribution in [-0.2, 0) is 0 Å². The minimum absolute atomic E-state index is 0.384. The number of hydrogen-bond acceptors (Lipinski definition) is 5. The zero-order chi connectivity index (χ0) is 13.8. The van der Waals surface area contributed by atoms with Crippen molar-refractivity contribution < 1.29 is 0 Å². The molecule has 0 radical (unpaired) electrons. The van der Waals surface area contributed by atoms with E-state index in [1.54, 1.807) is 12.4 Å². The van der Waals surface area contributed by atoms with Crippen LogP contribution in [0.25, 0.3) is 0 Å². The smallest absolute Gasteiger partial charge is 0.158 e. The van der Waals surface area contributed by atoms with Gasteiger partial charge in [0, 0.05) is 32.2 Å². The summed E-state index contributed by atoms with van der Waals surface area (Å²) in [6, 6.07) is 2.81. The molecule has 1 aromatic rings. The van der Waals surface area contributed by atoms with Crippen LogP contribution in [0.2, 0.25) is 0 Å². The summed E-state index contributed by atoms with van der Waals surface area (Å²) in [5.74, 6) is 0.896. The van der Waals surface area contributed by atoms with E-state index in [9.17, 15) is 0 Å². The Balaban J connectivity index is 1.56. The van der Waals surface area contributed by atoms with Crippen molar-refractivity contribution in [1.82, 2.24) is 14.9 Å². The molecule has 0 spiro atoms. The number of piperazine rings is 1. The standard InChI is InChI=1S/C15H21N5/c16-10-13-11-18-15(12-17-13)20-8-6-19(7-9-20)14-4-2-1-3-5-14/h11-12,14H,1-9H2. The Morgan fingerprint density at radius 2 is 1.75 bits per heavy atom. The first kappa shape index (κ1) is 13.3. The maximum Gasteiger partial charge on any atom is 0.158 e. The molecule has 5 nitrogen and oxygen atoms in total. The molecule has 2 heterocycles. The third kappa shape index (κ3) is 2.91. The molecule has 3 rings (SSSR count). The van der Waals surface area contributed by atoms with Crippen molar-refractivity contribution in [2.45, 2.75) is 38.1 Å². The van der Waals surface area contributed by atoms with Crippen LogP contribution in [0, 0.1) is 11.3 Å². The molecule has 1 saturated heterocycles. The Morgan fingerprint density at radius 3 is 2.35 bits per heavy atom. The van der Waals surface area contributed by atoms with E-state index in [0.29, 0.717) is 5.69 Å². The number of nitrogens with zero attached hydrogens (tertiary/aromatic N) is 5. The van der Waals surface area contributed by atoms with Crippen molar-refractivity contribution in [2.24, 2.45) is 0 Å². The van der Waals surface area contributed by atoms with E-state index in [2.05, 4.69) is 19.8 Å². The molecule has 1 aliphatic heterocycles. The lowest BCUT2D eigenvalue weighted by molar-refractivity contribution is 0.147. The predicted molar refractivity (Wildman–Crippen MR) is 77.4 cm³/mol. The first-order chi connectivity index (χ1) is 9.86. The fraction of sp³-hybridized carbons (Fsp3) is 0.667. The van der Waals surface area contributed by atoms with E-state index in [-0.39, 0.29) is 0 Å². The monoisotopic (exact) mass is 271 g/mol. The third-order valence-electron chi connectivity index (χ3n) is 4.48. The second-order valence-electron chi connectivity index (χ2n) is 5.69. The third-order valence-corrected chi connectivity index (χ3v) is 4.48. The number of aromatic nitrogens is 2. The van der Waals surface area contributed by atoms with Gasteiger partial charge in [0.2, 0.25) is 0 Å². The molecule has 5 heteroatoms. The van der Waals surface area contributed by atoms with Crippen LogP contribution in [0.1, 0.15) is 37.8 Å². The van der Waals surface area contributed by atoms with Crippen LogP contribution < -0.4 is 4.90 Å². The molecule has 0 bridgehead atoms. The highest BCUT2D eigenvalue weighted by Gasteiger charge is 2.25. The fourth-order valence-electron chi connectivity index (χ4n) is 3.30. The van der Waals surface area contributed by atoms with Gasteiger partial charge in [-0.2, -0.15) is 5.26 Å². The lowest BCUT2D eigenvalue weighted by atomic mass is 9.94. The van der Waals surface area contributed by atoms with Crippen molar-refractivity contribution in [1.29, 1.82) is 5.26 Å². The van der Waals surface area contributed by atoms with Gasteiger partial charge in [0.25, 0.3) is 0 Å². The second-order valence-corrected chi connectivity index (χ2v) is 5.69. The highest BCUT2D eigenvalue weighted by molar-refractivity contribution is 5.37. The van der Waals surface area contributed by atoms with E-state index < -0.39 is 0 Å². The molecule has 0 atom stereocenters. The lowest BCUT2D eigenvalue weighted by Crippen LogP contribution is -2.51. The Hall–Kier alpha value is -1.67. The molecule has 0 N–H and O–H groups in total. The molecule has 0 unspecified atom stereocenters. The maximum absolute atomic E-state index is 8.75. The van der Waals surface area contributed by atoms with Gasteiger partial charge >= 0.3 is 0 Å². The number of rotatable bonds is 2. The minimum Gasteiger partial charge on any atom is -0.353 e. The average molecular weight is 271 g/mol. The van der Waals surface area contributed by atoms with Crippen LogP contribution in [0.5, 0.6) is 0 Å². The molecule has 1 saturated carbocycles. The summed E-state index contributed by atoms with van der Waals surface area (Å²) < 4.78 is 0. The molecule has 2 fully saturated rings. The summed E-state index contributed by atoms with van der Waals surface area (Å²) in [6.45, 7) is 4.26. The maximum atomic E-state index is 8.75. The van der Waals surface area contributed by atoms with E-state index in [1.165, 1.54) is 32.1 Å². The van der Waals surface area contributed by atoms with Crippen LogP contribution in [0.15, 0.2) is 12.4 Å². The van der Waals surface area contributed by atoms with Crippen LogP contribution in [-0.4, -0.2) is 47.1 Å². The summed E-state index contributed by atoms with van der Waals surface area (Å²) in [5, 5.41) is 8.75. The first-order valence-corrected chi connectivity index (χ1v) is 7.58. The molecule has 0 amide bonds. The molecule has 2 aliphatic rings. The minimum atomic E-state index is 0.384. The Labute approximate surface area is 120 Å². The quantitative estimate of drug-likeness (QED) is 0.821. The fourth-order valence-corrected chi connectivity index (χ4v) is 3.30. The van der Waals surface area contributed by atoms with Crippen molar-refractivity contribution >= 4 is 5.82 Å². The molecule has 106 valence electrons.